The molecule has 10 heteroatoms. The number of nitrogens with zero attached hydrogens (tertiary/aromatic N) is 2. The first-order valence-electron chi connectivity index (χ1n) is 7.66. The number of anilines is 1. The first kappa shape index (κ1) is 19.6. The van der Waals surface area contributed by atoms with E-state index in [-0.39, 0.29) is 36.2 Å². The molecule has 0 heterocycles. The quantitative estimate of drug-likeness (QED) is 0.311. The van der Waals surface area contributed by atoms with Crippen molar-refractivity contribution in [2.24, 2.45) is 5.16 Å². The Kier molecular flexibility index (Phi) is 7.06. The largest absolute Gasteiger partial charge is 0.494 e. The van der Waals surface area contributed by atoms with Gasteiger partial charge >= 0.3 is 0 Å². The first-order valence-corrected chi connectivity index (χ1v) is 7.66. The maximum atomic E-state index is 12.7. The SMILES string of the molecule is COc1cc([N+](=O)[O-])ccc1NC(=O)/C=N\OCCOc1ccc(F)cc1. The molecular formula is C17H16FN3O6. The molecule has 0 aliphatic rings. The van der Waals surface area contributed by atoms with Gasteiger partial charge in [-0.15, -0.1) is 0 Å². The van der Waals surface area contributed by atoms with E-state index < -0.39 is 10.8 Å². The second kappa shape index (κ2) is 9.70. The Bertz CT molecular complexity index is 826. The molecule has 0 aliphatic heterocycles. The Morgan fingerprint density at radius 1 is 1.26 bits per heavy atom. The van der Waals surface area contributed by atoms with Crippen molar-refractivity contribution in [1.82, 2.24) is 0 Å². The molecule has 0 fully saturated rings. The topological polar surface area (TPSA) is 112 Å². The minimum Gasteiger partial charge on any atom is -0.494 e. The third kappa shape index (κ3) is 6.27. The molecule has 0 spiro atoms. The molecule has 142 valence electrons. The monoisotopic (exact) mass is 377 g/mol. The van der Waals surface area contributed by atoms with Crippen molar-refractivity contribution in [1.29, 1.82) is 0 Å². The number of methoxy groups -OCH3 is 1. The van der Waals surface area contributed by atoms with Crippen LogP contribution in [0.3, 0.4) is 0 Å². The van der Waals surface area contributed by atoms with Crippen LogP contribution in [0.2, 0.25) is 0 Å². The van der Waals surface area contributed by atoms with E-state index in [1.54, 1.807) is 0 Å². The maximum absolute atomic E-state index is 12.7. The lowest BCUT2D eigenvalue weighted by atomic mass is 10.2. The number of hydrogen-bond acceptors (Lipinski definition) is 7. The molecule has 0 radical (unpaired) electrons. The van der Waals surface area contributed by atoms with Crippen molar-refractivity contribution in [3.8, 4) is 11.5 Å². The molecule has 1 N–H and O–H groups in total. The summed E-state index contributed by atoms with van der Waals surface area (Å²) in [6.45, 7) is 0.225. The standard InChI is InChI=1S/C17H16FN3O6/c1-25-16-10-13(21(23)24)4-7-15(16)20-17(22)11-19-27-9-8-26-14-5-2-12(18)3-6-14/h2-7,10-11H,8-9H2,1H3,(H,20,22)/b19-11-. The number of halogens is 1. The second-order valence-electron chi connectivity index (χ2n) is 5.00. The van der Waals surface area contributed by atoms with Gasteiger partial charge in [-0.05, 0) is 30.3 Å². The molecule has 9 nitrogen and oxygen atoms in total. The number of oxime groups is 1. The molecule has 0 saturated carbocycles. The smallest absolute Gasteiger partial charge is 0.273 e. The summed E-state index contributed by atoms with van der Waals surface area (Å²) in [5.41, 5.74) is 0.0854. The highest BCUT2D eigenvalue weighted by Crippen LogP contribution is 2.28. The number of ether oxygens (including phenoxy) is 2. The fraction of sp³-hybridized carbons (Fsp3) is 0.176. The van der Waals surface area contributed by atoms with Crippen molar-refractivity contribution >= 4 is 23.5 Å². The lowest BCUT2D eigenvalue weighted by Crippen LogP contribution is -2.14. The summed E-state index contributed by atoms with van der Waals surface area (Å²) in [7, 11) is 1.33. The first-order chi connectivity index (χ1) is 13.0. The molecule has 1 amide bonds. The zero-order chi connectivity index (χ0) is 19.6. The number of benzene rings is 2. The van der Waals surface area contributed by atoms with E-state index in [1.165, 1.54) is 49.6 Å². The number of non-ortho nitro benzene ring substituents is 1. The fourth-order valence-electron chi connectivity index (χ4n) is 1.93. The van der Waals surface area contributed by atoms with E-state index in [0.717, 1.165) is 6.21 Å². The number of nitro benzene ring substituents is 1. The summed E-state index contributed by atoms with van der Waals surface area (Å²) in [5.74, 6) is -0.355. The average molecular weight is 377 g/mol. The Morgan fingerprint density at radius 2 is 2.00 bits per heavy atom. The number of carbonyl (C=O) groups is 1. The fourth-order valence-corrected chi connectivity index (χ4v) is 1.93. The van der Waals surface area contributed by atoms with Gasteiger partial charge in [-0.3, -0.25) is 14.9 Å². The van der Waals surface area contributed by atoms with Gasteiger partial charge < -0.3 is 19.6 Å². The molecule has 0 atom stereocenters. The third-order valence-electron chi connectivity index (χ3n) is 3.16. The molecule has 27 heavy (non-hydrogen) atoms. The van der Waals surface area contributed by atoms with Gasteiger partial charge in [0, 0.05) is 6.07 Å². The van der Waals surface area contributed by atoms with Gasteiger partial charge in [0.15, 0.2) is 6.61 Å². The van der Waals surface area contributed by atoms with Crippen LogP contribution in [0.4, 0.5) is 15.8 Å². The van der Waals surface area contributed by atoms with Crippen molar-refractivity contribution in [2.45, 2.75) is 0 Å². The molecule has 0 aliphatic carbocycles. The van der Waals surface area contributed by atoms with Gasteiger partial charge in [0.2, 0.25) is 0 Å². The Balaban J connectivity index is 1.76. The normalized spacial score (nSPS) is 10.4. The number of nitro groups is 1. The Labute approximate surface area is 153 Å². The summed E-state index contributed by atoms with van der Waals surface area (Å²) in [5, 5.41) is 16.7. The van der Waals surface area contributed by atoms with Gasteiger partial charge in [-0.2, -0.15) is 0 Å². The number of amides is 1. The van der Waals surface area contributed by atoms with Gasteiger partial charge in [-0.25, -0.2) is 4.39 Å². The van der Waals surface area contributed by atoms with Crippen molar-refractivity contribution in [2.75, 3.05) is 25.6 Å². The summed E-state index contributed by atoms with van der Waals surface area (Å²) in [6.07, 6.45) is 0.902. The Morgan fingerprint density at radius 3 is 2.67 bits per heavy atom. The minimum atomic E-state index is -0.610. The third-order valence-corrected chi connectivity index (χ3v) is 3.16. The van der Waals surface area contributed by atoms with Crippen molar-refractivity contribution in [3.63, 3.8) is 0 Å². The molecule has 0 saturated heterocycles. The van der Waals surface area contributed by atoms with Crippen molar-refractivity contribution < 1.29 is 28.4 Å². The van der Waals surface area contributed by atoms with Crippen LogP contribution in [0.15, 0.2) is 47.6 Å². The highest BCUT2D eigenvalue weighted by molar-refractivity contribution is 6.31. The molecule has 0 bridgehead atoms. The summed E-state index contributed by atoms with van der Waals surface area (Å²) in [4.78, 5) is 26.8. The number of carbonyl (C=O) groups excluding carboxylic acids is 1. The number of nitrogens with one attached hydrogen (secondary N) is 1. The maximum Gasteiger partial charge on any atom is 0.273 e. The molecular weight excluding hydrogens is 361 g/mol. The van der Waals surface area contributed by atoms with Gasteiger partial charge in [0.25, 0.3) is 11.6 Å². The van der Waals surface area contributed by atoms with Gasteiger partial charge in [-0.1, -0.05) is 5.16 Å². The van der Waals surface area contributed by atoms with Crippen LogP contribution >= 0.6 is 0 Å². The van der Waals surface area contributed by atoms with E-state index in [4.69, 9.17) is 14.3 Å². The average Bonchev–Trinajstić information content (AvgIpc) is 2.66. The van der Waals surface area contributed by atoms with Crippen LogP contribution < -0.4 is 14.8 Å². The van der Waals surface area contributed by atoms with Crippen LogP contribution in [0.25, 0.3) is 0 Å². The van der Waals surface area contributed by atoms with E-state index >= 15 is 0 Å². The zero-order valence-corrected chi connectivity index (χ0v) is 14.3. The van der Waals surface area contributed by atoms with Gasteiger partial charge in [0.1, 0.15) is 30.1 Å². The molecule has 0 aromatic heterocycles. The number of rotatable bonds is 9. The van der Waals surface area contributed by atoms with E-state index in [2.05, 4.69) is 10.5 Å². The van der Waals surface area contributed by atoms with E-state index in [9.17, 15) is 19.3 Å². The van der Waals surface area contributed by atoms with Crippen LogP contribution in [0.1, 0.15) is 0 Å². The van der Waals surface area contributed by atoms with Crippen LogP contribution in [-0.2, 0) is 9.63 Å². The van der Waals surface area contributed by atoms with Crippen LogP contribution in [0, 0.1) is 15.9 Å². The van der Waals surface area contributed by atoms with Crippen LogP contribution in [-0.4, -0.2) is 37.4 Å². The molecule has 2 aromatic rings. The summed E-state index contributed by atoms with van der Waals surface area (Å²) >= 11 is 0. The molecule has 2 aromatic carbocycles. The predicted octanol–water partition coefficient (Wildman–Crippen LogP) is 2.76. The minimum absolute atomic E-state index is 0.0714. The molecule has 2 rings (SSSR count). The zero-order valence-electron chi connectivity index (χ0n) is 14.3. The predicted molar refractivity (Wildman–Crippen MR) is 94.6 cm³/mol. The highest BCUT2D eigenvalue weighted by atomic mass is 19.1. The highest BCUT2D eigenvalue weighted by Gasteiger charge is 2.12. The lowest BCUT2D eigenvalue weighted by Gasteiger charge is -2.08. The van der Waals surface area contributed by atoms with Gasteiger partial charge in [0.05, 0.1) is 23.8 Å². The Hall–Kier alpha value is -3.69. The lowest BCUT2D eigenvalue weighted by molar-refractivity contribution is -0.384. The second-order valence-corrected chi connectivity index (χ2v) is 5.00. The number of hydrogen-bond donors (Lipinski definition) is 1. The molecule has 0 unspecified atom stereocenters. The van der Waals surface area contributed by atoms with Crippen molar-refractivity contribution in [3.05, 3.63) is 58.4 Å². The van der Waals surface area contributed by atoms with E-state index in [1.807, 2.05) is 0 Å². The summed E-state index contributed by atoms with van der Waals surface area (Å²) < 4.78 is 23.0. The van der Waals surface area contributed by atoms with Crippen LogP contribution in [0.5, 0.6) is 11.5 Å². The van der Waals surface area contributed by atoms with E-state index in [0.29, 0.717) is 5.75 Å². The summed E-state index contributed by atoms with van der Waals surface area (Å²) in [6, 6.07) is 9.26.